The summed E-state index contributed by atoms with van der Waals surface area (Å²) in [5.74, 6) is -3.05. The third-order valence-electron chi connectivity index (χ3n) is 3.48. The lowest BCUT2D eigenvalue weighted by atomic mass is 10.1. The van der Waals surface area contributed by atoms with Gasteiger partial charge in [0.05, 0.1) is 0 Å². The first-order valence-electron chi connectivity index (χ1n) is 7.43. The molecule has 7 nitrogen and oxygen atoms in total. The maximum absolute atomic E-state index is 12.5. The third-order valence-corrected chi connectivity index (χ3v) is 3.48. The van der Waals surface area contributed by atoms with Crippen LogP contribution in [0.3, 0.4) is 0 Å². The Hall–Kier alpha value is -3.56. The highest BCUT2D eigenvalue weighted by Crippen LogP contribution is 2.29. The highest BCUT2D eigenvalue weighted by atomic mass is 19.4. The summed E-state index contributed by atoms with van der Waals surface area (Å²) in [7, 11) is 0. The Morgan fingerprint density at radius 1 is 1.15 bits per heavy atom. The van der Waals surface area contributed by atoms with Crippen LogP contribution >= 0.6 is 0 Å². The lowest BCUT2D eigenvalue weighted by Crippen LogP contribution is -2.04. The second-order valence-corrected chi connectivity index (χ2v) is 5.39. The largest absolute Gasteiger partial charge is 0.507 e. The summed E-state index contributed by atoms with van der Waals surface area (Å²) in [4.78, 5) is 14.3. The molecule has 0 aliphatic heterocycles. The zero-order valence-corrected chi connectivity index (χ0v) is 13.4. The van der Waals surface area contributed by atoms with Crippen LogP contribution in [0.4, 0.5) is 13.2 Å². The van der Waals surface area contributed by atoms with Crippen molar-refractivity contribution in [3.05, 3.63) is 59.5 Å². The molecule has 1 aromatic heterocycles. The smallest absolute Gasteiger partial charge is 0.471 e. The molecule has 0 saturated heterocycles. The van der Waals surface area contributed by atoms with E-state index in [0.717, 1.165) is 0 Å². The van der Waals surface area contributed by atoms with Crippen LogP contribution in [-0.4, -0.2) is 26.3 Å². The number of aromatic nitrogens is 2. The third kappa shape index (κ3) is 4.17. The monoisotopic (exact) mass is 380 g/mol. The number of carboxylic acids is 1. The SMILES string of the molecule is O=C(O)c1cc(OCc2ccc(-c3noc(C(F)(F)F)n3)cc2)ccc1O. The van der Waals surface area contributed by atoms with E-state index in [0.29, 0.717) is 11.1 Å². The van der Waals surface area contributed by atoms with E-state index in [1.165, 1.54) is 30.3 Å². The van der Waals surface area contributed by atoms with Crippen molar-refractivity contribution < 1.29 is 37.4 Å². The molecule has 27 heavy (non-hydrogen) atoms. The topological polar surface area (TPSA) is 106 Å². The molecule has 0 saturated carbocycles. The van der Waals surface area contributed by atoms with Gasteiger partial charge in [-0.25, -0.2) is 4.79 Å². The molecule has 10 heteroatoms. The second-order valence-electron chi connectivity index (χ2n) is 5.39. The predicted octanol–water partition coefficient (Wildman–Crippen LogP) is 3.74. The van der Waals surface area contributed by atoms with E-state index in [1.807, 2.05) is 0 Å². The van der Waals surface area contributed by atoms with Crippen LogP contribution in [0.1, 0.15) is 21.8 Å². The average Bonchev–Trinajstić information content (AvgIpc) is 3.12. The van der Waals surface area contributed by atoms with Gasteiger partial charge in [-0.1, -0.05) is 29.4 Å². The minimum Gasteiger partial charge on any atom is -0.507 e. The Balaban J connectivity index is 1.69. The quantitative estimate of drug-likeness (QED) is 0.695. The lowest BCUT2D eigenvalue weighted by molar-refractivity contribution is -0.159. The van der Waals surface area contributed by atoms with E-state index in [-0.39, 0.29) is 29.5 Å². The Bertz CT molecular complexity index is 967. The molecule has 3 rings (SSSR count). The van der Waals surface area contributed by atoms with Gasteiger partial charge < -0.3 is 19.5 Å². The number of halogens is 3. The minimum absolute atomic E-state index is 0.0736. The molecule has 0 aliphatic carbocycles. The van der Waals surface area contributed by atoms with Gasteiger partial charge in [0, 0.05) is 5.56 Å². The van der Waals surface area contributed by atoms with Crippen molar-refractivity contribution in [2.75, 3.05) is 0 Å². The number of ether oxygens (including phenoxy) is 1. The maximum atomic E-state index is 12.5. The molecule has 2 N–H and O–H groups in total. The van der Waals surface area contributed by atoms with E-state index in [4.69, 9.17) is 9.84 Å². The van der Waals surface area contributed by atoms with Crippen LogP contribution in [0, 0.1) is 0 Å². The van der Waals surface area contributed by atoms with Crippen LogP contribution in [-0.2, 0) is 12.8 Å². The molecule has 2 aromatic carbocycles. The lowest BCUT2D eigenvalue weighted by Gasteiger charge is -2.08. The highest BCUT2D eigenvalue weighted by molar-refractivity contribution is 5.91. The van der Waals surface area contributed by atoms with Gasteiger partial charge in [0.15, 0.2) is 0 Å². The summed E-state index contributed by atoms with van der Waals surface area (Å²) >= 11 is 0. The van der Waals surface area contributed by atoms with Crippen molar-refractivity contribution in [1.29, 1.82) is 0 Å². The van der Waals surface area contributed by atoms with Gasteiger partial charge in [-0.05, 0) is 23.8 Å². The Labute approximate surface area is 149 Å². The number of nitrogens with zero attached hydrogens (tertiary/aromatic N) is 2. The zero-order valence-electron chi connectivity index (χ0n) is 13.4. The zero-order chi connectivity index (χ0) is 19.6. The van der Waals surface area contributed by atoms with Crippen molar-refractivity contribution in [2.45, 2.75) is 12.8 Å². The van der Waals surface area contributed by atoms with Crippen LogP contribution in [0.15, 0.2) is 47.0 Å². The molecule has 3 aromatic rings. The van der Waals surface area contributed by atoms with E-state index in [2.05, 4.69) is 14.7 Å². The summed E-state index contributed by atoms with van der Waals surface area (Å²) in [6.45, 7) is 0.0736. The molecule has 140 valence electrons. The summed E-state index contributed by atoms with van der Waals surface area (Å²) in [6, 6.07) is 10.00. The first kappa shape index (κ1) is 18.2. The molecule has 0 fully saturated rings. The van der Waals surface area contributed by atoms with Crippen molar-refractivity contribution in [3.8, 4) is 22.9 Å². The number of benzene rings is 2. The molecular formula is C17H11F3N2O5. The van der Waals surface area contributed by atoms with Crippen molar-refractivity contribution in [2.24, 2.45) is 0 Å². The summed E-state index contributed by atoms with van der Waals surface area (Å²) in [5.41, 5.74) is 0.708. The van der Waals surface area contributed by atoms with Crippen molar-refractivity contribution >= 4 is 5.97 Å². The van der Waals surface area contributed by atoms with Crippen LogP contribution in [0.5, 0.6) is 11.5 Å². The molecule has 0 atom stereocenters. The number of phenols is 1. The predicted molar refractivity (Wildman–Crippen MR) is 84.1 cm³/mol. The maximum Gasteiger partial charge on any atom is 0.471 e. The second kappa shape index (κ2) is 6.98. The standard InChI is InChI=1S/C17H11F3N2O5/c18-17(19,20)16-21-14(22-27-16)10-3-1-9(2-4-10)8-26-11-5-6-13(23)12(7-11)15(24)25/h1-7,23H,8H2,(H,24,25). The number of aromatic carboxylic acids is 1. The summed E-state index contributed by atoms with van der Waals surface area (Å²) in [5, 5.41) is 21.7. The first-order chi connectivity index (χ1) is 12.7. The number of carboxylic acid groups (broad SMARTS) is 1. The summed E-state index contributed by atoms with van der Waals surface area (Å²) < 4.78 is 47.1. The Morgan fingerprint density at radius 3 is 2.44 bits per heavy atom. The normalized spacial score (nSPS) is 11.4. The number of aromatic hydroxyl groups is 1. The van der Waals surface area contributed by atoms with Gasteiger partial charge in [-0.15, -0.1) is 0 Å². The number of hydrogen-bond acceptors (Lipinski definition) is 6. The highest BCUT2D eigenvalue weighted by Gasteiger charge is 2.38. The Morgan fingerprint density at radius 2 is 1.85 bits per heavy atom. The number of rotatable bonds is 5. The summed E-state index contributed by atoms with van der Waals surface area (Å²) in [6.07, 6.45) is -4.71. The molecule has 0 amide bonds. The number of alkyl halides is 3. The van der Waals surface area contributed by atoms with Crippen molar-refractivity contribution in [1.82, 2.24) is 10.1 Å². The fraction of sp³-hybridized carbons (Fsp3) is 0.118. The minimum atomic E-state index is -4.71. The molecule has 0 spiro atoms. The molecule has 0 unspecified atom stereocenters. The van der Waals surface area contributed by atoms with E-state index in [1.54, 1.807) is 12.1 Å². The van der Waals surface area contributed by atoms with Crippen LogP contribution in [0.2, 0.25) is 0 Å². The van der Waals surface area contributed by atoms with Crippen molar-refractivity contribution in [3.63, 3.8) is 0 Å². The van der Waals surface area contributed by atoms with Gasteiger partial charge in [0.1, 0.15) is 23.7 Å². The van der Waals surface area contributed by atoms with Gasteiger partial charge in [0.2, 0.25) is 5.82 Å². The van der Waals surface area contributed by atoms with Gasteiger partial charge in [-0.3, -0.25) is 0 Å². The van der Waals surface area contributed by atoms with E-state index >= 15 is 0 Å². The van der Waals surface area contributed by atoms with E-state index < -0.39 is 18.0 Å². The first-order valence-corrected chi connectivity index (χ1v) is 7.43. The fourth-order valence-electron chi connectivity index (χ4n) is 2.15. The molecule has 0 bridgehead atoms. The van der Waals surface area contributed by atoms with Gasteiger partial charge in [-0.2, -0.15) is 18.2 Å². The molecule has 0 radical (unpaired) electrons. The average molecular weight is 380 g/mol. The van der Waals surface area contributed by atoms with Gasteiger partial charge in [0.25, 0.3) is 0 Å². The van der Waals surface area contributed by atoms with E-state index in [9.17, 15) is 23.1 Å². The molecule has 0 aliphatic rings. The Kier molecular flexibility index (Phi) is 4.72. The molecule has 1 heterocycles. The van der Waals surface area contributed by atoms with Gasteiger partial charge >= 0.3 is 18.0 Å². The van der Waals surface area contributed by atoms with Crippen LogP contribution in [0.25, 0.3) is 11.4 Å². The molecular weight excluding hydrogens is 369 g/mol. The fourth-order valence-corrected chi connectivity index (χ4v) is 2.15. The number of hydrogen-bond donors (Lipinski definition) is 2. The van der Waals surface area contributed by atoms with Crippen LogP contribution < -0.4 is 4.74 Å². The number of carbonyl (C=O) groups is 1.